The fourth-order valence-corrected chi connectivity index (χ4v) is 6.63. The third kappa shape index (κ3) is 5.92. The molecular weight excluding hydrogens is 520 g/mol. The molecule has 2 aliphatic rings. The maximum Gasteiger partial charge on any atom is 0.246 e. The van der Waals surface area contributed by atoms with E-state index in [1.165, 1.54) is 4.31 Å². The number of likely N-dealkylation sites (tertiary alicyclic amines) is 1. The Morgan fingerprint density at radius 3 is 2.44 bits per heavy atom. The summed E-state index contributed by atoms with van der Waals surface area (Å²) in [5, 5.41) is 9.52. The van der Waals surface area contributed by atoms with Crippen LogP contribution in [0.2, 0.25) is 0 Å². The van der Waals surface area contributed by atoms with E-state index in [0.717, 1.165) is 17.2 Å². The second-order valence-corrected chi connectivity index (χ2v) is 13.4. The summed E-state index contributed by atoms with van der Waals surface area (Å²) in [4.78, 5) is 46.4. The number of benzene rings is 1. The second-order valence-electron chi connectivity index (χ2n) is 11.5. The molecule has 3 N–H and O–H groups in total. The lowest BCUT2D eigenvalue weighted by atomic mass is 9.85. The van der Waals surface area contributed by atoms with Crippen molar-refractivity contribution in [2.45, 2.75) is 58.3 Å². The van der Waals surface area contributed by atoms with Crippen LogP contribution in [-0.2, 0) is 24.4 Å². The van der Waals surface area contributed by atoms with Crippen LogP contribution in [0.15, 0.2) is 36.4 Å². The van der Waals surface area contributed by atoms with Gasteiger partial charge in [-0.25, -0.2) is 13.4 Å². The first-order valence-corrected chi connectivity index (χ1v) is 15.0. The molecule has 4 rings (SSSR count). The van der Waals surface area contributed by atoms with Gasteiger partial charge in [-0.1, -0.05) is 39.0 Å². The van der Waals surface area contributed by atoms with Gasteiger partial charge in [0.05, 0.1) is 29.8 Å². The molecule has 0 saturated carbocycles. The van der Waals surface area contributed by atoms with E-state index >= 15 is 0 Å². The van der Waals surface area contributed by atoms with Gasteiger partial charge in [-0.2, -0.15) is 4.31 Å². The third-order valence-corrected chi connectivity index (χ3v) is 8.97. The van der Waals surface area contributed by atoms with E-state index in [2.05, 4.69) is 20.9 Å². The highest BCUT2D eigenvalue weighted by Gasteiger charge is 2.56. The number of nitrogens with one attached hydrogen (secondary N) is 3. The van der Waals surface area contributed by atoms with Gasteiger partial charge in [0.1, 0.15) is 11.9 Å². The van der Waals surface area contributed by atoms with Crippen LogP contribution in [-0.4, -0.2) is 90.9 Å². The summed E-state index contributed by atoms with van der Waals surface area (Å²) in [5.74, 6) is -1.51. The first kappa shape index (κ1) is 28.9. The first-order valence-electron chi connectivity index (χ1n) is 13.1. The van der Waals surface area contributed by atoms with Crippen LogP contribution >= 0.6 is 0 Å². The van der Waals surface area contributed by atoms with Gasteiger partial charge in [-0.15, -0.1) is 0 Å². The predicted molar refractivity (Wildman–Crippen MR) is 149 cm³/mol. The van der Waals surface area contributed by atoms with Crippen molar-refractivity contribution in [3.05, 3.63) is 36.4 Å². The molecule has 0 unspecified atom stereocenters. The molecule has 1 aromatic heterocycles. The number of pyridine rings is 1. The van der Waals surface area contributed by atoms with Crippen molar-refractivity contribution in [1.29, 1.82) is 0 Å². The van der Waals surface area contributed by atoms with Crippen molar-refractivity contribution in [2.24, 2.45) is 11.3 Å². The molecule has 12 heteroatoms. The van der Waals surface area contributed by atoms with Crippen molar-refractivity contribution >= 4 is 44.5 Å². The number of sulfonamides is 1. The standard InChI is InChI=1S/C27H38N6O5S/c1-16(28-5)24(34)31-23(27(2,3)4)26(36)32-14-13-20-22(32)18(15-33(20)39(6,37)38)25(35)30-21-12-11-17-9-7-8-10-19(17)29-21/h7-12,16,18,20,22-23,28H,13-15H2,1-6H3,(H,31,34)(H,29,30,35)/t16-,18-,20+,22+,23+/m0/s1. The Kier molecular flexibility index (Phi) is 8.02. The number of rotatable bonds is 7. The van der Waals surface area contributed by atoms with Gasteiger partial charge in [-0.05, 0) is 44.0 Å². The van der Waals surface area contributed by atoms with Crippen LogP contribution in [0.4, 0.5) is 5.82 Å². The summed E-state index contributed by atoms with van der Waals surface area (Å²) in [5.41, 5.74) is 0.0924. The van der Waals surface area contributed by atoms with Gasteiger partial charge in [0.2, 0.25) is 27.7 Å². The molecule has 0 bridgehead atoms. The number of likely N-dealkylation sites (N-methyl/N-ethyl adjacent to an activating group) is 1. The highest BCUT2D eigenvalue weighted by Crippen LogP contribution is 2.39. The fraction of sp³-hybridized carbons (Fsp3) is 0.556. The number of hydrogen-bond acceptors (Lipinski definition) is 7. The van der Waals surface area contributed by atoms with Crippen LogP contribution in [0.5, 0.6) is 0 Å². The Hall–Kier alpha value is -3.09. The predicted octanol–water partition coefficient (Wildman–Crippen LogP) is 1.17. The van der Waals surface area contributed by atoms with Crippen LogP contribution in [0.3, 0.4) is 0 Å². The Morgan fingerprint density at radius 2 is 1.79 bits per heavy atom. The maximum absolute atomic E-state index is 14.0. The highest BCUT2D eigenvalue weighted by molar-refractivity contribution is 7.88. The molecule has 212 valence electrons. The zero-order valence-corrected chi connectivity index (χ0v) is 24.1. The molecule has 2 aromatic rings. The number of amides is 3. The molecule has 0 aliphatic carbocycles. The van der Waals surface area contributed by atoms with Crippen LogP contribution < -0.4 is 16.0 Å². The minimum absolute atomic E-state index is 0.0410. The monoisotopic (exact) mass is 558 g/mol. The van der Waals surface area contributed by atoms with Crippen LogP contribution in [0.1, 0.15) is 34.1 Å². The average molecular weight is 559 g/mol. The SMILES string of the molecule is CN[C@@H](C)C(=O)N[C@H](C(=O)N1CC[C@@H]2[C@H]1[C@@H](C(=O)Nc1ccc3ccccc3n1)CN2S(C)(=O)=O)C(C)(C)C. The van der Waals surface area contributed by atoms with Gasteiger partial charge >= 0.3 is 0 Å². The Balaban J connectivity index is 1.63. The summed E-state index contributed by atoms with van der Waals surface area (Å²) in [6.45, 7) is 7.53. The lowest BCUT2D eigenvalue weighted by Crippen LogP contribution is -2.59. The largest absolute Gasteiger partial charge is 0.342 e. The third-order valence-electron chi connectivity index (χ3n) is 7.70. The molecule has 39 heavy (non-hydrogen) atoms. The number of aromatic nitrogens is 1. The Bertz CT molecular complexity index is 1370. The number of fused-ring (bicyclic) bond motifs is 2. The highest BCUT2D eigenvalue weighted by atomic mass is 32.2. The zero-order chi connectivity index (χ0) is 28.7. The summed E-state index contributed by atoms with van der Waals surface area (Å²) < 4.78 is 26.7. The number of nitrogens with zero attached hydrogens (tertiary/aromatic N) is 3. The second kappa shape index (κ2) is 10.8. The summed E-state index contributed by atoms with van der Waals surface area (Å²) in [6.07, 6.45) is 1.52. The summed E-state index contributed by atoms with van der Waals surface area (Å²) >= 11 is 0. The lowest BCUT2D eigenvalue weighted by Gasteiger charge is -2.37. The average Bonchev–Trinajstić information content (AvgIpc) is 3.46. The van der Waals surface area contributed by atoms with Crippen molar-refractivity contribution < 1.29 is 22.8 Å². The number of anilines is 1. The number of para-hydroxylation sites is 1. The van der Waals surface area contributed by atoms with E-state index in [4.69, 9.17) is 0 Å². The van der Waals surface area contributed by atoms with Gasteiger partial charge in [0.25, 0.3) is 0 Å². The van der Waals surface area contributed by atoms with E-state index in [9.17, 15) is 22.8 Å². The molecule has 2 saturated heterocycles. The van der Waals surface area contributed by atoms with Gasteiger partial charge < -0.3 is 20.9 Å². The molecule has 0 radical (unpaired) electrons. The van der Waals surface area contributed by atoms with Crippen molar-refractivity contribution in [3.8, 4) is 0 Å². The number of hydrogen-bond donors (Lipinski definition) is 3. The van der Waals surface area contributed by atoms with Crippen molar-refractivity contribution in [1.82, 2.24) is 24.8 Å². The minimum Gasteiger partial charge on any atom is -0.342 e. The van der Waals surface area contributed by atoms with Gasteiger partial charge in [0, 0.05) is 24.5 Å². The molecule has 1 aromatic carbocycles. The molecular formula is C27H38N6O5S. The zero-order valence-electron chi connectivity index (χ0n) is 23.3. The lowest BCUT2D eigenvalue weighted by molar-refractivity contribution is -0.141. The number of carbonyl (C=O) groups is 3. The van der Waals surface area contributed by atoms with Crippen molar-refractivity contribution in [2.75, 3.05) is 31.7 Å². The van der Waals surface area contributed by atoms with Gasteiger partial charge in [0.15, 0.2) is 0 Å². The van der Waals surface area contributed by atoms with E-state index in [1.54, 1.807) is 24.9 Å². The fourth-order valence-electron chi connectivity index (χ4n) is 5.48. The van der Waals surface area contributed by atoms with E-state index in [1.807, 2.05) is 51.1 Å². The normalized spacial score (nSPS) is 23.3. The molecule has 2 fully saturated rings. The van der Waals surface area contributed by atoms with Crippen molar-refractivity contribution in [3.63, 3.8) is 0 Å². The topological polar surface area (TPSA) is 141 Å². The maximum atomic E-state index is 14.0. The van der Waals surface area contributed by atoms with E-state index < -0.39 is 51.4 Å². The van der Waals surface area contributed by atoms with Crippen LogP contribution in [0, 0.1) is 11.3 Å². The quantitative estimate of drug-likeness (QED) is 0.463. The molecule has 3 heterocycles. The molecule has 5 atom stereocenters. The smallest absolute Gasteiger partial charge is 0.246 e. The van der Waals surface area contributed by atoms with E-state index in [0.29, 0.717) is 12.2 Å². The molecule has 3 amide bonds. The summed E-state index contributed by atoms with van der Waals surface area (Å²) in [6, 6.07) is 8.51. The van der Waals surface area contributed by atoms with Crippen LogP contribution in [0.25, 0.3) is 10.9 Å². The number of carbonyl (C=O) groups excluding carboxylic acids is 3. The Morgan fingerprint density at radius 1 is 1.10 bits per heavy atom. The minimum atomic E-state index is -3.63. The molecule has 0 spiro atoms. The van der Waals surface area contributed by atoms with Gasteiger partial charge in [-0.3, -0.25) is 14.4 Å². The Labute approximate surface area is 229 Å². The van der Waals surface area contributed by atoms with E-state index in [-0.39, 0.29) is 24.9 Å². The first-order chi connectivity index (χ1) is 18.2. The molecule has 11 nitrogen and oxygen atoms in total. The summed E-state index contributed by atoms with van der Waals surface area (Å²) in [7, 11) is -1.97. The molecule has 2 aliphatic heterocycles.